The number of aliphatic imine (C=N–C) groups is 1. The predicted octanol–water partition coefficient (Wildman–Crippen LogP) is 2.56. The van der Waals surface area contributed by atoms with Gasteiger partial charge in [0.2, 0.25) is 0 Å². The van der Waals surface area contributed by atoms with E-state index in [2.05, 4.69) is 20.2 Å². The SMILES string of the molecule is CC(C)(O)CN1C[C@@H]2CN(CC3=C(C(=O)O)[C@H](c4cccc(F)c4Cl)N=C(c4nccs4)N3)CCN2C1=O. The summed E-state index contributed by atoms with van der Waals surface area (Å²) in [5, 5.41) is 25.8. The number of carbonyl (C=O) groups is 2. The van der Waals surface area contributed by atoms with Gasteiger partial charge in [0.1, 0.15) is 11.9 Å². The summed E-state index contributed by atoms with van der Waals surface area (Å²) in [5.41, 5.74) is -0.359. The summed E-state index contributed by atoms with van der Waals surface area (Å²) in [7, 11) is 0. The summed E-state index contributed by atoms with van der Waals surface area (Å²) in [6.07, 6.45) is 1.63. The van der Waals surface area contributed by atoms with Crippen LogP contribution in [0.4, 0.5) is 9.18 Å². The molecule has 0 radical (unpaired) electrons. The molecule has 10 nitrogen and oxygen atoms in total. The molecule has 3 N–H and O–H groups in total. The second-order valence-corrected chi connectivity index (χ2v) is 11.5. The summed E-state index contributed by atoms with van der Waals surface area (Å²) < 4.78 is 14.4. The van der Waals surface area contributed by atoms with Crippen LogP contribution in [0.15, 0.2) is 46.0 Å². The number of amidine groups is 1. The summed E-state index contributed by atoms with van der Waals surface area (Å²) in [6.45, 7) is 5.84. The summed E-state index contributed by atoms with van der Waals surface area (Å²) in [4.78, 5) is 39.9. The van der Waals surface area contributed by atoms with Gasteiger partial charge < -0.3 is 25.3 Å². The molecule has 3 aliphatic heterocycles. The number of aliphatic hydroxyl groups is 1. The van der Waals surface area contributed by atoms with Crippen LogP contribution in [0.1, 0.15) is 30.5 Å². The minimum atomic E-state index is -1.19. The third kappa shape index (κ3) is 5.26. The van der Waals surface area contributed by atoms with Gasteiger partial charge in [0, 0.05) is 55.6 Å². The number of carboxylic acids is 1. The second kappa shape index (κ2) is 10.3. The molecule has 3 aliphatic rings. The zero-order valence-corrected chi connectivity index (χ0v) is 22.5. The Labute approximate surface area is 228 Å². The summed E-state index contributed by atoms with van der Waals surface area (Å²) >= 11 is 7.62. The van der Waals surface area contributed by atoms with Crippen molar-refractivity contribution in [3.05, 3.63) is 62.5 Å². The number of nitrogens with zero attached hydrogens (tertiary/aromatic N) is 5. The van der Waals surface area contributed by atoms with E-state index in [-0.39, 0.29) is 41.3 Å². The molecule has 0 spiro atoms. The van der Waals surface area contributed by atoms with Gasteiger partial charge in [-0.05, 0) is 19.9 Å². The van der Waals surface area contributed by atoms with E-state index in [0.29, 0.717) is 42.7 Å². The number of urea groups is 1. The van der Waals surface area contributed by atoms with Gasteiger partial charge in [-0.1, -0.05) is 23.7 Å². The number of β-amino-alcohol motifs (C(OH)–C–C–N with tert-alkyl or cyclic N) is 1. The number of halogens is 2. The number of nitrogens with one attached hydrogen (secondary N) is 1. The van der Waals surface area contributed by atoms with Gasteiger partial charge in [-0.3, -0.25) is 9.89 Å². The molecule has 202 valence electrons. The first-order valence-corrected chi connectivity index (χ1v) is 13.4. The Bertz CT molecular complexity index is 1310. The number of rotatable bonds is 7. The van der Waals surface area contributed by atoms with Crippen molar-refractivity contribution in [1.82, 2.24) is 25.0 Å². The molecule has 2 atom stereocenters. The highest BCUT2D eigenvalue weighted by atomic mass is 35.5. The third-order valence-electron chi connectivity index (χ3n) is 6.74. The molecule has 38 heavy (non-hydrogen) atoms. The molecule has 1 aromatic carbocycles. The monoisotopic (exact) mass is 562 g/mol. The minimum absolute atomic E-state index is 0.0219. The van der Waals surface area contributed by atoms with E-state index in [0.717, 1.165) is 0 Å². The molecule has 0 saturated carbocycles. The Morgan fingerprint density at radius 1 is 1.32 bits per heavy atom. The first-order valence-electron chi connectivity index (χ1n) is 12.2. The molecule has 0 bridgehead atoms. The summed E-state index contributed by atoms with van der Waals surface area (Å²) in [6, 6.07) is 3.04. The van der Waals surface area contributed by atoms with E-state index in [1.165, 1.54) is 23.5 Å². The zero-order chi connectivity index (χ0) is 27.2. The van der Waals surface area contributed by atoms with Gasteiger partial charge in [-0.15, -0.1) is 11.3 Å². The molecule has 2 fully saturated rings. The van der Waals surface area contributed by atoms with Crippen molar-refractivity contribution in [3.8, 4) is 0 Å². The van der Waals surface area contributed by atoms with Crippen molar-refractivity contribution in [2.24, 2.45) is 4.99 Å². The average Bonchev–Trinajstić information content (AvgIpc) is 3.48. The van der Waals surface area contributed by atoms with Crippen molar-refractivity contribution in [2.45, 2.75) is 31.5 Å². The van der Waals surface area contributed by atoms with E-state index in [9.17, 15) is 24.2 Å². The maximum absolute atomic E-state index is 14.4. The lowest BCUT2D eigenvalue weighted by Crippen LogP contribution is -2.53. The van der Waals surface area contributed by atoms with Crippen LogP contribution in [0, 0.1) is 5.82 Å². The van der Waals surface area contributed by atoms with Crippen LogP contribution in [0.3, 0.4) is 0 Å². The van der Waals surface area contributed by atoms with Crippen LogP contribution in [-0.2, 0) is 4.79 Å². The van der Waals surface area contributed by atoms with Crippen molar-refractivity contribution in [2.75, 3.05) is 39.3 Å². The number of hydrogen-bond acceptors (Lipinski definition) is 8. The fourth-order valence-corrected chi connectivity index (χ4v) is 6.00. The highest BCUT2D eigenvalue weighted by molar-refractivity contribution is 7.11. The first kappa shape index (κ1) is 26.5. The fourth-order valence-electron chi connectivity index (χ4n) is 5.19. The number of carbonyl (C=O) groups excluding carboxylic acids is 1. The number of amides is 2. The molecule has 2 aromatic rings. The molecule has 2 amide bonds. The van der Waals surface area contributed by atoms with Crippen LogP contribution in [-0.4, -0.2) is 98.6 Å². The number of hydrogen-bond donors (Lipinski definition) is 3. The molecular weight excluding hydrogens is 535 g/mol. The molecule has 5 rings (SSSR count). The lowest BCUT2D eigenvalue weighted by Gasteiger charge is -2.38. The molecule has 2 saturated heterocycles. The Kier molecular flexibility index (Phi) is 7.16. The van der Waals surface area contributed by atoms with Crippen LogP contribution in [0.25, 0.3) is 0 Å². The Morgan fingerprint density at radius 3 is 2.79 bits per heavy atom. The van der Waals surface area contributed by atoms with E-state index < -0.39 is 23.4 Å². The number of thiazole rings is 1. The number of aromatic nitrogens is 1. The summed E-state index contributed by atoms with van der Waals surface area (Å²) in [5.74, 6) is -1.46. The molecule has 0 aliphatic carbocycles. The largest absolute Gasteiger partial charge is 0.478 e. The molecule has 4 heterocycles. The molecule has 1 aromatic heterocycles. The van der Waals surface area contributed by atoms with Crippen molar-refractivity contribution in [1.29, 1.82) is 0 Å². The van der Waals surface area contributed by atoms with Gasteiger partial charge in [0.15, 0.2) is 10.8 Å². The van der Waals surface area contributed by atoms with E-state index in [4.69, 9.17) is 11.6 Å². The smallest absolute Gasteiger partial charge is 0.335 e. The second-order valence-electron chi connectivity index (χ2n) is 10.2. The van der Waals surface area contributed by atoms with Crippen LogP contribution in [0.5, 0.6) is 0 Å². The van der Waals surface area contributed by atoms with Crippen LogP contribution in [0.2, 0.25) is 5.02 Å². The maximum Gasteiger partial charge on any atom is 0.335 e. The quantitative estimate of drug-likeness (QED) is 0.474. The minimum Gasteiger partial charge on any atom is -0.478 e. The maximum atomic E-state index is 14.4. The van der Waals surface area contributed by atoms with Gasteiger partial charge >= 0.3 is 12.0 Å². The number of fused-ring (bicyclic) bond motifs is 1. The van der Waals surface area contributed by atoms with Crippen molar-refractivity contribution < 1.29 is 24.2 Å². The van der Waals surface area contributed by atoms with Gasteiger partial charge in [-0.2, -0.15) is 0 Å². The van der Waals surface area contributed by atoms with Gasteiger partial charge in [0.05, 0.1) is 28.8 Å². The highest BCUT2D eigenvalue weighted by Gasteiger charge is 2.42. The van der Waals surface area contributed by atoms with Gasteiger partial charge in [0.25, 0.3) is 0 Å². The number of benzene rings is 1. The van der Waals surface area contributed by atoms with Crippen LogP contribution < -0.4 is 5.32 Å². The van der Waals surface area contributed by atoms with E-state index >= 15 is 0 Å². The Balaban J connectivity index is 1.44. The van der Waals surface area contributed by atoms with E-state index in [1.54, 1.807) is 41.3 Å². The van der Waals surface area contributed by atoms with Crippen LogP contribution >= 0.6 is 22.9 Å². The Morgan fingerprint density at radius 2 is 2.11 bits per heavy atom. The first-order chi connectivity index (χ1) is 18.0. The number of carboxylic acid groups (broad SMARTS) is 1. The molecular formula is C25H28ClFN6O4S. The fraction of sp³-hybridized carbons (Fsp3) is 0.440. The van der Waals surface area contributed by atoms with E-state index in [1.807, 2.05) is 0 Å². The number of aliphatic carboxylic acids is 1. The lowest BCUT2D eigenvalue weighted by molar-refractivity contribution is -0.133. The van der Waals surface area contributed by atoms with Gasteiger partial charge in [-0.25, -0.2) is 19.0 Å². The lowest BCUT2D eigenvalue weighted by atomic mass is 9.95. The molecule has 13 heteroatoms. The number of piperazine rings is 1. The van der Waals surface area contributed by atoms with Crippen molar-refractivity contribution >= 4 is 40.8 Å². The average molecular weight is 563 g/mol. The predicted molar refractivity (Wildman–Crippen MR) is 141 cm³/mol. The van der Waals surface area contributed by atoms with Crippen molar-refractivity contribution in [3.63, 3.8) is 0 Å². The topological polar surface area (TPSA) is 122 Å². The molecule has 0 unspecified atom stereocenters. The third-order valence-corrected chi connectivity index (χ3v) is 7.92. The Hall–Kier alpha value is -3.06. The zero-order valence-electron chi connectivity index (χ0n) is 20.9. The normalized spacial score (nSPS) is 22.4. The standard InChI is InChI=1S/C25H28ClFN6O4S/c1-25(2,37)13-32-11-14-10-31(7-8-33(14)24(32)36)12-17-18(23(34)35)20(15-4-3-5-16(27)19(15)26)30-21(29-17)22-28-6-9-38-22/h3-6,9,14,20,37H,7-8,10-13H2,1-2H3,(H,29,30)(H,34,35)/t14-,20-/m0/s1. The highest BCUT2D eigenvalue weighted by Crippen LogP contribution is 2.37.